The molecule has 55 nitrogen and oxygen atoms in total. The van der Waals surface area contributed by atoms with Gasteiger partial charge in [0.25, 0.3) is 0 Å². The Balaban J connectivity index is 0.650. The van der Waals surface area contributed by atoms with Crippen LogP contribution in [0, 0.1) is 0 Å². The maximum absolute atomic E-state index is 11.5. The Bertz CT molecular complexity index is 3040. The summed E-state index contributed by atoms with van der Waals surface area (Å²) in [6.45, 7) is -11.4. The summed E-state index contributed by atoms with van der Waals surface area (Å²) in [6, 6.07) is 0. The highest BCUT2D eigenvalue weighted by atomic mass is 16.8. The topological polar surface area (TPSA) is 882 Å². The van der Waals surface area contributed by atoms with Crippen molar-refractivity contribution in [3.8, 4) is 0 Å². The molecule has 0 radical (unpaired) electrons. The van der Waals surface area contributed by atoms with Gasteiger partial charge in [0.1, 0.15) is 250 Å². The van der Waals surface area contributed by atoms with Crippen molar-refractivity contribution < 1.29 is 273 Å². The number of aliphatic hydroxyl groups excluding tert-OH is 34. The van der Waals surface area contributed by atoms with Crippen molar-refractivity contribution in [2.75, 3.05) is 72.7 Å². The van der Waals surface area contributed by atoms with E-state index in [4.69, 9.17) is 99.5 Å². The molecule has 11 fully saturated rings. The molecule has 706 valence electrons. The summed E-state index contributed by atoms with van der Waals surface area (Å²) in [7, 11) is 0. The molecule has 11 heterocycles. The van der Waals surface area contributed by atoms with Crippen molar-refractivity contribution in [1.82, 2.24) is 0 Å². The van der Waals surface area contributed by atoms with E-state index in [-0.39, 0.29) is 6.42 Å². The van der Waals surface area contributed by atoms with Gasteiger partial charge in [-0.2, -0.15) is 0 Å². The number of hydrogen-bond donors (Lipinski definition) is 34. The Kier molecular flexibility index (Phi) is 35.5. The zero-order valence-corrected chi connectivity index (χ0v) is 63.4. The summed E-state index contributed by atoms with van der Waals surface area (Å²) in [5.41, 5.74) is 0. The second-order valence-corrected chi connectivity index (χ2v) is 30.7. The lowest BCUT2D eigenvalue weighted by Gasteiger charge is -2.50. The zero-order chi connectivity index (χ0) is 88.5. The Morgan fingerprint density at radius 1 is 0.157 bits per heavy atom. The predicted molar refractivity (Wildman–Crippen MR) is 361 cm³/mol. The highest BCUT2D eigenvalue weighted by Crippen LogP contribution is 2.42. The van der Waals surface area contributed by atoms with Gasteiger partial charge in [-0.3, -0.25) is 0 Å². The van der Waals surface area contributed by atoms with Crippen LogP contribution in [0.15, 0.2) is 0 Å². The van der Waals surface area contributed by atoms with E-state index in [9.17, 15) is 174 Å². The molecule has 11 aliphatic rings. The summed E-state index contributed by atoms with van der Waals surface area (Å²) in [6.07, 6.45) is -108. The lowest BCUT2D eigenvalue weighted by Crippen LogP contribution is -2.68. The Hall–Kier alpha value is -2.20. The first-order chi connectivity index (χ1) is 57.5. The van der Waals surface area contributed by atoms with Crippen LogP contribution in [-0.2, 0) is 99.5 Å². The van der Waals surface area contributed by atoms with Gasteiger partial charge in [0.15, 0.2) is 69.2 Å². The van der Waals surface area contributed by atoms with Gasteiger partial charge >= 0.3 is 0 Å². The van der Waals surface area contributed by atoms with Crippen molar-refractivity contribution in [1.29, 1.82) is 0 Å². The van der Waals surface area contributed by atoms with Gasteiger partial charge in [-0.15, -0.1) is 0 Å². The molecule has 0 aromatic carbocycles. The van der Waals surface area contributed by atoms with Crippen LogP contribution < -0.4 is 0 Å². The van der Waals surface area contributed by atoms with Gasteiger partial charge in [0.2, 0.25) is 0 Å². The van der Waals surface area contributed by atoms with Crippen LogP contribution in [0.25, 0.3) is 0 Å². The van der Waals surface area contributed by atoms with Gasteiger partial charge < -0.3 is 273 Å². The maximum Gasteiger partial charge on any atom is 0.187 e. The second-order valence-electron chi connectivity index (χ2n) is 30.7. The zero-order valence-electron chi connectivity index (χ0n) is 63.4. The standard InChI is InChI=1S/C66H112O55/c67-2-13-1-14(78)25(79)57(101-13)112-47-16(4-69)103-59(37(91)27(47)81)114-49-18(6-71)105-61(39(93)29(49)83)116-51-20(8-73)107-63(41(95)31(51)85)118-53-22(10-75)109-65(43(97)33(53)87)120-55-24(12-77)111-66(45(99)35(55)89)121-54-23(11-76)110-64(44(98)34(54)88)119-52-21(9-74)108-62(42(96)32(52)86)117-50-19(7-72)106-60(40(94)30(50)84)115-48-17(5-70)104-58(38(92)28(48)82)113-46-15(3-68)102-56(100)36(90)26(46)80/h13-100H,1-12H2/t13-,14-,15+,16+,17+,18+,19+,20+,21+,22+,23+,24+,25+,26+,27+,28+,29+,30+,31+,32+,33+,34+,35+,36+,37+,38+,39+,40+,41+,42+,43+,44+,45+,46+,47+,48+,49+,50+,51+,52+,53+,54+,55+,56-,57+,58+,59+,60+,61+,62+,63+,64+,65+,66+/m0/s1. The first-order valence-electron chi connectivity index (χ1n) is 38.6. The molecule has 0 bridgehead atoms. The highest BCUT2D eigenvalue weighted by molar-refractivity contribution is 5.04. The van der Waals surface area contributed by atoms with Crippen LogP contribution in [-0.4, -0.2) is 578 Å². The molecule has 34 N–H and O–H groups in total. The van der Waals surface area contributed by atoms with E-state index in [1.807, 2.05) is 0 Å². The first kappa shape index (κ1) is 99.4. The molecule has 0 amide bonds. The molecular formula is C66H112O55. The van der Waals surface area contributed by atoms with Gasteiger partial charge in [-0.1, -0.05) is 0 Å². The lowest BCUT2D eigenvalue weighted by atomic mass is 9.95. The fraction of sp³-hybridized carbons (Fsp3) is 1.00. The van der Waals surface area contributed by atoms with Crippen LogP contribution in [0.1, 0.15) is 6.42 Å². The molecule has 11 saturated heterocycles. The molecule has 121 heavy (non-hydrogen) atoms. The first-order valence-corrected chi connectivity index (χ1v) is 38.6. The molecule has 0 aliphatic carbocycles. The molecule has 54 atom stereocenters. The van der Waals surface area contributed by atoms with E-state index in [1.165, 1.54) is 0 Å². The third-order valence-corrected chi connectivity index (χ3v) is 22.8. The van der Waals surface area contributed by atoms with Crippen LogP contribution >= 0.6 is 0 Å². The van der Waals surface area contributed by atoms with E-state index in [0.717, 1.165) is 0 Å². The van der Waals surface area contributed by atoms with Crippen molar-refractivity contribution in [3.05, 3.63) is 0 Å². The average Bonchev–Trinajstić information content (AvgIpc) is 0.776. The van der Waals surface area contributed by atoms with Crippen molar-refractivity contribution >= 4 is 0 Å². The monoisotopic (exact) mass is 1780 g/mol. The lowest BCUT2D eigenvalue weighted by molar-refractivity contribution is -0.401. The SMILES string of the molecule is OC[C@@H]1C[C@H](O)[C@@H](O)[C@@H](O[C@H]2[C@H](O)[C@@H](O)[C@@H](O[C@H]3[C@H](O)[C@@H](O)[C@@H](O[C@H]4[C@H](O)[C@@H](O)[C@@H](O[C@H]5[C@H](O)[C@@H](O)[C@@H](O[C@H]6[C@H](O)[C@@H](O)[C@@H](O[C@H]7[C@H](O)[C@@H](O)[C@@H](O[C@H]8[C@H](O)[C@@H](O)[C@@H](O[C@H]9[C@H](O)[C@@H](O)[C@@H](O[C@H]%10[C@H](O)[C@@H](O)[C@@H](O[C@H]%11[C@H](O)[C@@H](O)[C@@H](O)O[C@@H]%11CO)O[C@@H]%10CO)O[C@@H]9CO)O[C@@H]8CO)O[C@@H]7CO)O[C@@H]6CO)O[C@@H]5CO)O[C@@H]4CO)O[C@@H]3CO)O[C@@H]2CO)O1. The minimum absolute atomic E-state index is 0.201. The smallest absolute Gasteiger partial charge is 0.187 e. The van der Waals surface area contributed by atoms with E-state index in [1.54, 1.807) is 0 Å². The average molecular weight is 1790 g/mol. The van der Waals surface area contributed by atoms with Gasteiger partial charge in [0.05, 0.1) is 84.9 Å². The Morgan fingerprint density at radius 3 is 0.446 bits per heavy atom. The van der Waals surface area contributed by atoms with E-state index < -0.39 is 404 Å². The molecule has 0 aromatic heterocycles. The van der Waals surface area contributed by atoms with Crippen LogP contribution in [0.3, 0.4) is 0 Å². The van der Waals surface area contributed by atoms with E-state index in [2.05, 4.69) is 0 Å². The summed E-state index contributed by atoms with van der Waals surface area (Å²) < 4.78 is 118. The molecule has 55 heteroatoms. The van der Waals surface area contributed by atoms with Crippen LogP contribution in [0.4, 0.5) is 0 Å². The summed E-state index contributed by atoms with van der Waals surface area (Å²) in [4.78, 5) is 0. The predicted octanol–water partition coefficient (Wildman–Crippen LogP) is -24.0. The summed E-state index contributed by atoms with van der Waals surface area (Å²) in [5.74, 6) is 0. The molecule has 11 aliphatic heterocycles. The van der Waals surface area contributed by atoms with Crippen LogP contribution in [0.2, 0.25) is 0 Å². The minimum Gasteiger partial charge on any atom is -0.394 e. The molecule has 0 spiro atoms. The third kappa shape index (κ3) is 20.8. The van der Waals surface area contributed by atoms with Gasteiger partial charge in [-0.05, 0) is 0 Å². The van der Waals surface area contributed by atoms with Gasteiger partial charge in [-0.25, -0.2) is 0 Å². The van der Waals surface area contributed by atoms with Crippen molar-refractivity contribution in [2.24, 2.45) is 0 Å². The summed E-state index contributed by atoms with van der Waals surface area (Å²) >= 11 is 0. The highest BCUT2D eigenvalue weighted by Gasteiger charge is 2.62. The van der Waals surface area contributed by atoms with Crippen molar-refractivity contribution in [2.45, 2.75) is 338 Å². The van der Waals surface area contributed by atoms with Gasteiger partial charge in [0, 0.05) is 6.42 Å². The third-order valence-electron chi connectivity index (χ3n) is 22.8. The van der Waals surface area contributed by atoms with E-state index >= 15 is 0 Å². The van der Waals surface area contributed by atoms with Crippen LogP contribution in [0.5, 0.6) is 0 Å². The number of ether oxygens (including phenoxy) is 21. The summed E-state index contributed by atoms with van der Waals surface area (Å²) in [5, 5.41) is 369. The van der Waals surface area contributed by atoms with Crippen molar-refractivity contribution in [3.63, 3.8) is 0 Å². The number of hydrogen-bond acceptors (Lipinski definition) is 55. The molecule has 0 aromatic rings. The Labute approximate surface area is 682 Å². The largest absolute Gasteiger partial charge is 0.394 e. The molecule has 0 unspecified atom stereocenters. The molecule has 11 rings (SSSR count). The normalized spacial score (nSPS) is 53.5. The fourth-order valence-electron chi connectivity index (χ4n) is 15.9. The second kappa shape index (κ2) is 43.2. The quantitative estimate of drug-likeness (QED) is 0.0306. The minimum atomic E-state index is -2.34. The number of rotatable bonds is 31. The fourth-order valence-corrected chi connectivity index (χ4v) is 15.9. The maximum atomic E-state index is 11.5. The van der Waals surface area contributed by atoms with E-state index in [0.29, 0.717) is 0 Å². The number of aliphatic hydroxyl groups is 34. The molecule has 0 saturated carbocycles. The Morgan fingerprint density at radius 2 is 0.298 bits per heavy atom. The molecular weight excluding hydrogens is 1670 g/mol.